The quantitative estimate of drug-likeness (QED) is 0.510. The first-order chi connectivity index (χ1) is 15.0. The molecule has 1 atom stereocenters. The van der Waals surface area contributed by atoms with E-state index in [9.17, 15) is 9.90 Å². The highest BCUT2D eigenvalue weighted by atomic mass is 35.5. The number of nitrogens with zero attached hydrogens (tertiary/aromatic N) is 2. The van der Waals surface area contributed by atoms with Crippen molar-refractivity contribution in [3.05, 3.63) is 63.8 Å². The molecule has 1 aromatic heterocycles. The van der Waals surface area contributed by atoms with E-state index in [4.69, 9.17) is 16.3 Å². The predicted octanol–water partition coefficient (Wildman–Crippen LogP) is 5.49. The van der Waals surface area contributed by atoms with Crippen LogP contribution in [-0.2, 0) is 0 Å². The summed E-state index contributed by atoms with van der Waals surface area (Å²) in [6.45, 7) is 7.21. The Morgan fingerprint density at radius 3 is 2.61 bits per heavy atom. The molecule has 1 aliphatic heterocycles. The molecule has 0 spiro atoms. The van der Waals surface area contributed by atoms with Crippen LogP contribution in [0.4, 0.5) is 0 Å². The van der Waals surface area contributed by atoms with Gasteiger partial charge in [-0.15, -0.1) is 0 Å². The average molecular weight is 440 g/mol. The molecule has 0 radical (unpaired) electrons. The highest BCUT2D eigenvalue weighted by Gasteiger charge is 2.42. The number of carbonyl (C=O) groups is 1. The van der Waals surface area contributed by atoms with Gasteiger partial charge in [-0.3, -0.25) is 9.89 Å². The number of hydrogen-bond donors (Lipinski definition) is 2. The summed E-state index contributed by atoms with van der Waals surface area (Å²) in [6, 6.07) is 10.8. The molecule has 1 aliphatic rings. The maximum absolute atomic E-state index is 13.2. The molecule has 0 fully saturated rings. The van der Waals surface area contributed by atoms with Crippen molar-refractivity contribution in [1.82, 2.24) is 15.1 Å². The Balaban J connectivity index is 1.82. The topological polar surface area (TPSA) is 78.5 Å². The molecule has 2 N–H and O–H groups in total. The third-order valence-electron chi connectivity index (χ3n) is 5.53. The second-order valence-electron chi connectivity index (χ2n) is 7.80. The first-order valence-electron chi connectivity index (χ1n) is 10.6. The summed E-state index contributed by atoms with van der Waals surface area (Å²) in [6.07, 6.45) is 1.77. The minimum Gasteiger partial charge on any atom is -0.507 e. The van der Waals surface area contributed by atoms with E-state index in [1.54, 1.807) is 12.1 Å². The summed E-state index contributed by atoms with van der Waals surface area (Å²) < 4.78 is 5.71. The Bertz CT molecular complexity index is 1110. The number of phenolic OH excluding ortho intramolecular Hbond substituents is 1. The molecule has 3 aromatic rings. The Morgan fingerprint density at radius 2 is 1.94 bits per heavy atom. The molecule has 162 valence electrons. The van der Waals surface area contributed by atoms with Crippen LogP contribution in [0.3, 0.4) is 0 Å². The van der Waals surface area contributed by atoms with Crippen molar-refractivity contribution in [3.63, 3.8) is 0 Å². The van der Waals surface area contributed by atoms with Crippen molar-refractivity contribution in [3.8, 4) is 22.8 Å². The van der Waals surface area contributed by atoms with Gasteiger partial charge in [0.15, 0.2) is 0 Å². The fourth-order valence-corrected chi connectivity index (χ4v) is 4.21. The van der Waals surface area contributed by atoms with Crippen molar-refractivity contribution in [1.29, 1.82) is 0 Å². The zero-order chi connectivity index (χ0) is 22.1. The van der Waals surface area contributed by atoms with Crippen molar-refractivity contribution >= 4 is 17.5 Å². The molecule has 0 bridgehead atoms. The molecule has 0 saturated heterocycles. The van der Waals surface area contributed by atoms with Crippen molar-refractivity contribution in [2.75, 3.05) is 13.2 Å². The van der Waals surface area contributed by atoms with E-state index in [1.165, 1.54) is 0 Å². The molecule has 31 heavy (non-hydrogen) atoms. The van der Waals surface area contributed by atoms with Gasteiger partial charge in [-0.2, -0.15) is 5.10 Å². The number of halogens is 1. The second-order valence-corrected chi connectivity index (χ2v) is 8.21. The lowest BCUT2D eigenvalue weighted by Crippen LogP contribution is -2.30. The number of hydrogen-bond acceptors (Lipinski definition) is 4. The fourth-order valence-electron chi connectivity index (χ4n) is 4.04. The van der Waals surface area contributed by atoms with Crippen LogP contribution in [0.5, 0.6) is 11.5 Å². The fraction of sp³-hybridized carbons (Fsp3) is 0.333. The first-order valence-corrected chi connectivity index (χ1v) is 11.0. The number of fused-ring (bicyclic) bond motifs is 1. The normalized spacial score (nSPS) is 15.4. The monoisotopic (exact) mass is 439 g/mol. The van der Waals surface area contributed by atoms with Gasteiger partial charge in [-0.25, -0.2) is 0 Å². The van der Waals surface area contributed by atoms with Crippen LogP contribution < -0.4 is 4.74 Å². The standard InChI is InChI=1S/C24H26ClN3O3/c1-4-10-28-23(15-6-8-16(9-7-15)31-11-5-2)20-21(26-27-22(20)24(28)30)17-13-18(25)14(3)12-19(17)29/h6-9,12-13,23,29H,4-5,10-11H2,1-3H3,(H,26,27). The summed E-state index contributed by atoms with van der Waals surface area (Å²) in [7, 11) is 0. The van der Waals surface area contributed by atoms with Gasteiger partial charge in [0, 0.05) is 22.7 Å². The highest BCUT2D eigenvalue weighted by molar-refractivity contribution is 6.31. The number of aromatic hydroxyl groups is 1. The first kappa shape index (κ1) is 21.2. The molecule has 7 heteroatoms. The maximum Gasteiger partial charge on any atom is 0.273 e. The van der Waals surface area contributed by atoms with Crippen molar-refractivity contribution in [2.24, 2.45) is 0 Å². The Morgan fingerprint density at radius 1 is 1.19 bits per heavy atom. The number of aromatic nitrogens is 2. The highest BCUT2D eigenvalue weighted by Crippen LogP contribution is 2.45. The van der Waals surface area contributed by atoms with Gasteiger partial charge in [0.2, 0.25) is 0 Å². The van der Waals surface area contributed by atoms with Crippen molar-refractivity contribution in [2.45, 2.75) is 39.7 Å². The van der Waals surface area contributed by atoms with E-state index in [0.717, 1.165) is 35.3 Å². The van der Waals surface area contributed by atoms with Crippen LogP contribution in [0, 0.1) is 6.92 Å². The van der Waals surface area contributed by atoms with E-state index in [0.29, 0.717) is 35.1 Å². The minimum absolute atomic E-state index is 0.0830. The van der Waals surface area contributed by atoms with Gasteiger partial charge in [-0.1, -0.05) is 37.6 Å². The van der Waals surface area contributed by atoms with Crippen LogP contribution >= 0.6 is 11.6 Å². The Kier molecular flexibility index (Phi) is 5.92. The van der Waals surface area contributed by atoms with E-state index in [-0.39, 0.29) is 17.7 Å². The van der Waals surface area contributed by atoms with Crippen LogP contribution in [0.2, 0.25) is 5.02 Å². The predicted molar refractivity (Wildman–Crippen MR) is 121 cm³/mol. The van der Waals surface area contributed by atoms with Crippen LogP contribution in [0.25, 0.3) is 11.3 Å². The van der Waals surface area contributed by atoms with E-state index in [1.807, 2.05) is 43.0 Å². The number of nitrogens with one attached hydrogen (secondary N) is 1. The lowest BCUT2D eigenvalue weighted by Gasteiger charge is -2.26. The van der Waals surface area contributed by atoms with E-state index >= 15 is 0 Å². The molecule has 1 unspecified atom stereocenters. The van der Waals surface area contributed by atoms with Gasteiger partial charge in [0.05, 0.1) is 12.6 Å². The van der Waals surface area contributed by atoms with E-state index < -0.39 is 0 Å². The molecular weight excluding hydrogens is 414 g/mol. The third kappa shape index (κ3) is 3.76. The molecule has 0 saturated carbocycles. The number of benzene rings is 2. The molecule has 2 heterocycles. The van der Waals surface area contributed by atoms with Crippen LogP contribution in [0.1, 0.15) is 59.9 Å². The van der Waals surface area contributed by atoms with Crippen LogP contribution in [0.15, 0.2) is 36.4 Å². The average Bonchev–Trinajstić information content (AvgIpc) is 3.29. The van der Waals surface area contributed by atoms with Crippen LogP contribution in [-0.4, -0.2) is 39.3 Å². The summed E-state index contributed by atoms with van der Waals surface area (Å²) in [4.78, 5) is 15.0. The number of ether oxygens (including phenoxy) is 1. The molecule has 2 aromatic carbocycles. The van der Waals surface area contributed by atoms with Gasteiger partial charge in [0.1, 0.15) is 22.9 Å². The Labute approximate surface area is 186 Å². The molecule has 6 nitrogen and oxygen atoms in total. The number of aromatic amines is 1. The molecular formula is C24H26ClN3O3. The Hall–Kier alpha value is -2.99. The summed E-state index contributed by atoms with van der Waals surface area (Å²) in [5.41, 5.74) is 4.00. The van der Waals surface area contributed by atoms with E-state index in [2.05, 4.69) is 17.1 Å². The molecule has 0 aliphatic carbocycles. The number of rotatable bonds is 7. The number of aryl methyl sites for hydroxylation is 1. The SMILES string of the molecule is CCCOc1ccc(C2c3c(-c4cc(Cl)c(C)cc4O)n[nH]c3C(=O)N2CCC)cc1. The summed E-state index contributed by atoms with van der Waals surface area (Å²) in [5.74, 6) is 0.789. The largest absolute Gasteiger partial charge is 0.507 e. The minimum atomic E-state index is -0.309. The maximum atomic E-state index is 13.2. The second kappa shape index (κ2) is 8.63. The van der Waals surface area contributed by atoms with Crippen molar-refractivity contribution < 1.29 is 14.6 Å². The van der Waals surface area contributed by atoms with Gasteiger partial charge >= 0.3 is 0 Å². The van der Waals surface area contributed by atoms with Gasteiger partial charge in [0.25, 0.3) is 5.91 Å². The summed E-state index contributed by atoms with van der Waals surface area (Å²) in [5, 5.41) is 18.4. The lowest BCUT2D eigenvalue weighted by atomic mass is 9.95. The lowest BCUT2D eigenvalue weighted by molar-refractivity contribution is 0.0744. The molecule has 4 rings (SSSR count). The third-order valence-corrected chi connectivity index (χ3v) is 5.94. The zero-order valence-corrected chi connectivity index (χ0v) is 18.7. The number of phenols is 1. The molecule has 1 amide bonds. The van der Waals surface area contributed by atoms with Gasteiger partial charge < -0.3 is 14.7 Å². The number of H-pyrrole nitrogens is 1. The number of carbonyl (C=O) groups excluding carboxylic acids is 1. The number of amides is 1. The zero-order valence-electron chi connectivity index (χ0n) is 17.9. The summed E-state index contributed by atoms with van der Waals surface area (Å²) >= 11 is 6.33. The van der Waals surface area contributed by atoms with Gasteiger partial charge in [-0.05, 0) is 55.2 Å². The smallest absolute Gasteiger partial charge is 0.273 e.